The first kappa shape index (κ1) is 13.2. The highest BCUT2D eigenvalue weighted by atomic mass is 35.5. The maximum absolute atomic E-state index is 5.18. The molecule has 1 aliphatic heterocycles. The number of piperidine rings is 1. The summed E-state index contributed by atoms with van der Waals surface area (Å²) >= 11 is 0. The zero-order valence-corrected chi connectivity index (χ0v) is 10.4. The number of rotatable bonds is 5. The van der Waals surface area contributed by atoms with Crippen LogP contribution in [0.1, 0.15) is 25.7 Å². The number of hydrogen-bond acceptors (Lipinski definition) is 3. The van der Waals surface area contributed by atoms with Crippen molar-refractivity contribution in [1.82, 2.24) is 10.2 Å². The molecule has 0 amide bonds. The summed E-state index contributed by atoms with van der Waals surface area (Å²) in [5.41, 5.74) is 0. The molecule has 4 heteroatoms. The molecule has 1 saturated carbocycles. The molecule has 0 radical (unpaired) electrons. The van der Waals surface area contributed by atoms with Crippen molar-refractivity contribution in [2.45, 2.75) is 37.8 Å². The largest absolute Gasteiger partial charge is 0.383 e. The molecule has 0 aromatic rings. The molecule has 1 N–H and O–H groups in total. The summed E-state index contributed by atoms with van der Waals surface area (Å²) in [6.45, 7) is 4.41. The van der Waals surface area contributed by atoms with Gasteiger partial charge in [0, 0.05) is 25.7 Å². The second-order valence-electron chi connectivity index (χ2n) is 4.44. The van der Waals surface area contributed by atoms with Gasteiger partial charge in [0.1, 0.15) is 0 Å². The zero-order chi connectivity index (χ0) is 9.80. The highest BCUT2D eigenvalue weighted by molar-refractivity contribution is 5.85. The molecule has 90 valence electrons. The van der Waals surface area contributed by atoms with Crippen LogP contribution in [0.3, 0.4) is 0 Å². The van der Waals surface area contributed by atoms with Crippen molar-refractivity contribution in [1.29, 1.82) is 0 Å². The van der Waals surface area contributed by atoms with E-state index in [-0.39, 0.29) is 12.4 Å². The van der Waals surface area contributed by atoms with E-state index in [9.17, 15) is 0 Å². The van der Waals surface area contributed by atoms with Gasteiger partial charge in [0.2, 0.25) is 0 Å². The molecular formula is C11H23ClN2O. The Balaban J connectivity index is 0.00000112. The van der Waals surface area contributed by atoms with Crippen LogP contribution in [0, 0.1) is 0 Å². The Hall–Kier alpha value is 0.170. The van der Waals surface area contributed by atoms with Crippen molar-refractivity contribution in [3.63, 3.8) is 0 Å². The van der Waals surface area contributed by atoms with Crippen LogP contribution in [-0.2, 0) is 4.74 Å². The van der Waals surface area contributed by atoms with E-state index in [0.717, 1.165) is 25.2 Å². The minimum atomic E-state index is 0. The van der Waals surface area contributed by atoms with Gasteiger partial charge < -0.3 is 10.1 Å². The molecule has 0 aromatic heterocycles. The van der Waals surface area contributed by atoms with Crippen molar-refractivity contribution in [3.8, 4) is 0 Å². The number of nitrogens with zero attached hydrogens (tertiary/aromatic N) is 1. The van der Waals surface area contributed by atoms with Gasteiger partial charge in [-0.2, -0.15) is 0 Å². The third-order valence-electron chi connectivity index (χ3n) is 3.35. The summed E-state index contributed by atoms with van der Waals surface area (Å²) in [7, 11) is 1.80. The molecule has 1 heterocycles. The van der Waals surface area contributed by atoms with E-state index < -0.39 is 0 Å². The van der Waals surface area contributed by atoms with Crippen LogP contribution >= 0.6 is 12.4 Å². The second-order valence-corrected chi connectivity index (χ2v) is 4.44. The predicted molar refractivity (Wildman–Crippen MR) is 64.7 cm³/mol. The molecule has 0 unspecified atom stereocenters. The van der Waals surface area contributed by atoms with E-state index in [4.69, 9.17) is 4.74 Å². The first-order valence-electron chi connectivity index (χ1n) is 5.87. The second kappa shape index (κ2) is 6.69. The van der Waals surface area contributed by atoms with Crippen molar-refractivity contribution in [2.24, 2.45) is 0 Å². The van der Waals surface area contributed by atoms with E-state index in [0.29, 0.717) is 0 Å². The lowest BCUT2D eigenvalue weighted by Crippen LogP contribution is -2.45. The maximum atomic E-state index is 5.18. The van der Waals surface area contributed by atoms with Crippen LogP contribution in [0.25, 0.3) is 0 Å². The van der Waals surface area contributed by atoms with Gasteiger partial charge in [-0.05, 0) is 38.8 Å². The van der Waals surface area contributed by atoms with Crippen LogP contribution in [0.5, 0.6) is 0 Å². The molecule has 0 aromatic carbocycles. The number of hydrogen-bond donors (Lipinski definition) is 1. The Bertz CT molecular complexity index is 170. The first-order chi connectivity index (χ1) is 6.92. The number of methoxy groups -OCH3 is 1. The molecule has 3 nitrogen and oxygen atoms in total. The minimum Gasteiger partial charge on any atom is -0.383 e. The van der Waals surface area contributed by atoms with E-state index in [2.05, 4.69) is 10.2 Å². The molecular weight excluding hydrogens is 212 g/mol. The third-order valence-corrected chi connectivity index (χ3v) is 3.35. The lowest BCUT2D eigenvalue weighted by molar-refractivity contribution is 0.0991. The van der Waals surface area contributed by atoms with E-state index in [1.54, 1.807) is 7.11 Å². The van der Waals surface area contributed by atoms with Gasteiger partial charge in [-0.15, -0.1) is 12.4 Å². The average molecular weight is 235 g/mol. The van der Waals surface area contributed by atoms with E-state index >= 15 is 0 Å². The standard InChI is InChI=1S/C11H22N2O.ClH/c1-14-9-8-13(10-2-3-10)11-4-6-12-7-5-11;/h10-12H,2-9H2,1H3;1H. The fourth-order valence-corrected chi connectivity index (χ4v) is 2.40. The van der Waals surface area contributed by atoms with Crippen LogP contribution in [0.4, 0.5) is 0 Å². The Morgan fingerprint density at radius 1 is 1.13 bits per heavy atom. The Morgan fingerprint density at radius 3 is 2.27 bits per heavy atom. The monoisotopic (exact) mass is 234 g/mol. The first-order valence-corrected chi connectivity index (χ1v) is 5.87. The van der Waals surface area contributed by atoms with Crippen LogP contribution in [-0.4, -0.2) is 50.3 Å². The normalized spacial score (nSPS) is 22.8. The lowest BCUT2D eigenvalue weighted by atomic mass is 10.0. The van der Waals surface area contributed by atoms with Crippen molar-refractivity contribution < 1.29 is 4.74 Å². The van der Waals surface area contributed by atoms with Crippen molar-refractivity contribution >= 4 is 12.4 Å². The number of halogens is 1. The Labute approximate surface area is 99.0 Å². The van der Waals surface area contributed by atoms with Crippen LogP contribution in [0.15, 0.2) is 0 Å². The van der Waals surface area contributed by atoms with E-state index in [1.165, 1.54) is 38.8 Å². The summed E-state index contributed by atoms with van der Waals surface area (Å²) in [6, 6.07) is 1.70. The molecule has 2 fully saturated rings. The van der Waals surface area contributed by atoms with E-state index in [1.807, 2.05) is 0 Å². The summed E-state index contributed by atoms with van der Waals surface area (Å²) in [5, 5.41) is 3.43. The van der Waals surface area contributed by atoms with Gasteiger partial charge >= 0.3 is 0 Å². The van der Waals surface area contributed by atoms with Gasteiger partial charge in [-0.3, -0.25) is 4.90 Å². The molecule has 0 bridgehead atoms. The third kappa shape index (κ3) is 3.91. The molecule has 1 aliphatic carbocycles. The van der Waals surface area contributed by atoms with Gasteiger partial charge in [0.15, 0.2) is 0 Å². The molecule has 0 atom stereocenters. The smallest absolute Gasteiger partial charge is 0.0589 e. The Morgan fingerprint density at radius 2 is 1.73 bits per heavy atom. The lowest BCUT2D eigenvalue weighted by Gasteiger charge is -2.34. The summed E-state index contributed by atoms with van der Waals surface area (Å²) in [4.78, 5) is 2.68. The molecule has 1 saturated heterocycles. The number of ether oxygens (including phenoxy) is 1. The molecule has 2 aliphatic rings. The highest BCUT2D eigenvalue weighted by Gasteiger charge is 2.33. The quantitative estimate of drug-likeness (QED) is 0.776. The predicted octanol–water partition coefficient (Wildman–Crippen LogP) is 1.27. The molecule has 0 spiro atoms. The highest BCUT2D eigenvalue weighted by Crippen LogP contribution is 2.30. The van der Waals surface area contributed by atoms with Crippen LogP contribution in [0.2, 0.25) is 0 Å². The SMILES string of the molecule is COCCN(C1CCNCC1)C1CC1.Cl. The van der Waals surface area contributed by atoms with Crippen molar-refractivity contribution in [2.75, 3.05) is 33.4 Å². The topological polar surface area (TPSA) is 24.5 Å². The fourth-order valence-electron chi connectivity index (χ4n) is 2.40. The fraction of sp³-hybridized carbons (Fsp3) is 1.00. The maximum Gasteiger partial charge on any atom is 0.0589 e. The van der Waals surface area contributed by atoms with Gasteiger partial charge in [-0.1, -0.05) is 0 Å². The number of nitrogens with one attached hydrogen (secondary N) is 1. The van der Waals surface area contributed by atoms with Crippen molar-refractivity contribution in [3.05, 3.63) is 0 Å². The van der Waals surface area contributed by atoms with Crippen LogP contribution < -0.4 is 5.32 Å². The van der Waals surface area contributed by atoms with Gasteiger partial charge in [0.25, 0.3) is 0 Å². The zero-order valence-electron chi connectivity index (χ0n) is 9.58. The molecule has 2 rings (SSSR count). The summed E-state index contributed by atoms with van der Waals surface area (Å²) in [6.07, 6.45) is 5.46. The average Bonchev–Trinajstić information content (AvgIpc) is 3.04. The summed E-state index contributed by atoms with van der Waals surface area (Å²) < 4.78 is 5.18. The minimum absolute atomic E-state index is 0. The Kier molecular flexibility index (Phi) is 5.90. The van der Waals surface area contributed by atoms with Gasteiger partial charge in [-0.25, -0.2) is 0 Å². The van der Waals surface area contributed by atoms with Gasteiger partial charge in [0.05, 0.1) is 6.61 Å². The summed E-state index contributed by atoms with van der Waals surface area (Å²) in [5.74, 6) is 0. The molecule has 15 heavy (non-hydrogen) atoms.